The Morgan fingerprint density at radius 1 is 1.52 bits per heavy atom. The summed E-state index contributed by atoms with van der Waals surface area (Å²) in [6, 6.07) is 0. The van der Waals surface area contributed by atoms with Gasteiger partial charge in [-0.3, -0.25) is 9.48 Å². The maximum Gasteiger partial charge on any atom is 0.307 e. The van der Waals surface area contributed by atoms with Crippen LogP contribution in [0.3, 0.4) is 0 Å². The van der Waals surface area contributed by atoms with Crippen LogP contribution in [0.2, 0.25) is 0 Å². The van der Waals surface area contributed by atoms with Crippen LogP contribution in [-0.4, -0.2) is 50.0 Å². The van der Waals surface area contributed by atoms with Gasteiger partial charge >= 0.3 is 5.97 Å². The lowest BCUT2D eigenvalue weighted by molar-refractivity contribution is -0.142. The highest BCUT2D eigenvalue weighted by Crippen LogP contribution is 2.28. The molecule has 1 aromatic rings. The molecule has 0 spiro atoms. The quantitative estimate of drug-likeness (QED) is 0.768. The Morgan fingerprint density at radius 2 is 2.35 bits per heavy atom. The number of hydrogen-bond donors (Lipinski definition) is 1. The Hall–Kier alpha value is -1.45. The third-order valence-corrected chi connectivity index (χ3v) is 6.02. The van der Waals surface area contributed by atoms with Crippen molar-refractivity contribution in [3.63, 3.8) is 0 Å². The zero-order valence-corrected chi connectivity index (χ0v) is 13.9. The average Bonchev–Trinajstić information content (AvgIpc) is 3.13. The number of esters is 1. The molecule has 0 aliphatic carbocycles. The third kappa shape index (κ3) is 3.26. The van der Waals surface area contributed by atoms with Crippen LogP contribution in [0.1, 0.15) is 31.4 Å². The van der Waals surface area contributed by atoms with Crippen molar-refractivity contribution in [3.05, 3.63) is 11.9 Å². The lowest BCUT2D eigenvalue weighted by atomic mass is 9.96. The summed E-state index contributed by atoms with van der Waals surface area (Å²) in [5, 5.41) is 4.17. The molecule has 0 amide bonds. The van der Waals surface area contributed by atoms with E-state index in [2.05, 4.69) is 14.6 Å². The number of ether oxygens (including phenoxy) is 2. The molecule has 3 rings (SSSR count). The first kappa shape index (κ1) is 16.4. The molecule has 9 heteroatoms. The molecule has 0 bridgehead atoms. The lowest BCUT2D eigenvalue weighted by Gasteiger charge is -2.27. The molecular weight excluding hydrogens is 322 g/mol. The summed E-state index contributed by atoms with van der Waals surface area (Å²) < 4.78 is 40.1. The third-order valence-electron chi connectivity index (χ3n) is 4.40. The number of nitrogens with zero attached hydrogens (tertiary/aromatic N) is 2. The van der Waals surface area contributed by atoms with Crippen LogP contribution >= 0.6 is 0 Å². The number of methoxy groups -OCH3 is 1. The molecule has 1 unspecified atom stereocenters. The first-order valence-corrected chi connectivity index (χ1v) is 9.17. The number of carbonyl (C=O) groups is 1. The molecule has 0 saturated carbocycles. The van der Waals surface area contributed by atoms with Gasteiger partial charge in [0.1, 0.15) is 4.90 Å². The van der Waals surface area contributed by atoms with E-state index in [0.717, 1.165) is 25.1 Å². The van der Waals surface area contributed by atoms with Crippen LogP contribution in [0.15, 0.2) is 11.1 Å². The molecule has 128 valence electrons. The molecule has 1 aromatic heterocycles. The first-order valence-electron chi connectivity index (χ1n) is 7.69. The fourth-order valence-corrected chi connectivity index (χ4v) is 4.79. The van der Waals surface area contributed by atoms with Crippen LogP contribution in [-0.2, 0) is 37.3 Å². The summed E-state index contributed by atoms with van der Waals surface area (Å²) in [5.74, 6) is -0.463. The SMILES string of the molecule is COC(=O)CC1(NS(=O)(=O)c2cnn3c2CCCC3)CCOC1. The summed E-state index contributed by atoms with van der Waals surface area (Å²) in [7, 11) is -2.49. The summed E-state index contributed by atoms with van der Waals surface area (Å²) in [4.78, 5) is 11.9. The van der Waals surface area contributed by atoms with Crippen LogP contribution in [0, 0.1) is 0 Å². The average molecular weight is 343 g/mol. The second-order valence-corrected chi connectivity index (χ2v) is 7.73. The van der Waals surface area contributed by atoms with Gasteiger partial charge in [-0.15, -0.1) is 0 Å². The number of fused-ring (bicyclic) bond motifs is 1. The van der Waals surface area contributed by atoms with Crippen molar-refractivity contribution in [1.29, 1.82) is 0 Å². The van der Waals surface area contributed by atoms with Crippen LogP contribution < -0.4 is 4.72 Å². The molecule has 1 fully saturated rings. The zero-order chi connectivity index (χ0) is 16.5. The summed E-state index contributed by atoms with van der Waals surface area (Å²) in [5.41, 5.74) is -0.217. The van der Waals surface area contributed by atoms with Crippen LogP contribution in [0.5, 0.6) is 0 Å². The Bertz CT molecular complexity index is 691. The molecular formula is C14H21N3O5S. The van der Waals surface area contributed by atoms with Gasteiger partial charge in [0.05, 0.1) is 37.6 Å². The summed E-state index contributed by atoms with van der Waals surface area (Å²) >= 11 is 0. The van der Waals surface area contributed by atoms with Gasteiger partial charge in [0.15, 0.2) is 0 Å². The standard InChI is InChI=1S/C14H21N3O5S/c1-21-13(18)8-14(5-7-22-10-14)16-23(19,20)12-9-15-17-6-3-2-4-11(12)17/h9,16H,2-8,10H2,1H3. The Morgan fingerprint density at radius 3 is 3.04 bits per heavy atom. The van der Waals surface area contributed by atoms with Gasteiger partial charge in [0, 0.05) is 13.2 Å². The Labute approximate surface area is 135 Å². The van der Waals surface area contributed by atoms with Crippen molar-refractivity contribution >= 4 is 16.0 Å². The summed E-state index contributed by atoms with van der Waals surface area (Å²) in [6.45, 7) is 1.30. The fraction of sp³-hybridized carbons (Fsp3) is 0.714. The number of aryl methyl sites for hydroxylation is 1. The number of nitrogens with one attached hydrogen (secondary N) is 1. The molecule has 1 saturated heterocycles. The van der Waals surface area contributed by atoms with E-state index in [9.17, 15) is 13.2 Å². The number of sulfonamides is 1. The van der Waals surface area contributed by atoms with E-state index in [-0.39, 0.29) is 17.9 Å². The minimum atomic E-state index is -3.78. The monoisotopic (exact) mass is 343 g/mol. The minimum absolute atomic E-state index is 0.0494. The van der Waals surface area contributed by atoms with E-state index in [1.54, 1.807) is 4.68 Å². The van der Waals surface area contributed by atoms with E-state index in [1.165, 1.54) is 13.3 Å². The Balaban J connectivity index is 1.87. The molecule has 3 heterocycles. The fourth-order valence-electron chi connectivity index (χ4n) is 3.17. The van der Waals surface area contributed by atoms with Gasteiger partial charge in [-0.05, 0) is 25.7 Å². The van der Waals surface area contributed by atoms with E-state index >= 15 is 0 Å². The van der Waals surface area contributed by atoms with Crippen molar-refractivity contribution in [3.8, 4) is 0 Å². The number of hydrogen-bond acceptors (Lipinski definition) is 6. The first-order chi connectivity index (χ1) is 11.0. The lowest BCUT2D eigenvalue weighted by Crippen LogP contribution is -2.50. The highest BCUT2D eigenvalue weighted by molar-refractivity contribution is 7.89. The topological polar surface area (TPSA) is 99.5 Å². The maximum absolute atomic E-state index is 12.8. The molecule has 2 aliphatic rings. The smallest absolute Gasteiger partial charge is 0.307 e. The van der Waals surface area contributed by atoms with Gasteiger partial charge < -0.3 is 9.47 Å². The van der Waals surface area contributed by atoms with Gasteiger partial charge in [0.2, 0.25) is 10.0 Å². The summed E-state index contributed by atoms with van der Waals surface area (Å²) in [6.07, 6.45) is 4.42. The van der Waals surface area contributed by atoms with Gasteiger partial charge in [-0.25, -0.2) is 13.1 Å². The van der Waals surface area contributed by atoms with E-state index in [0.29, 0.717) is 19.4 Å². The number of carbonyl (C=O) groups excluding carboxylic acids is 1. The molecule has 1 N–H and O–H groups in total. The second-order valence-electron chi connectivity index (χ2n) is 6.08. The predicted octanol–water partition coefficient (Wildman–Crippen LogP) is 0.220. The number of rotatable bonds is 5. The predicted molar refractivity (Wildman–Crippen MR) is 80.3 cm³/mol. The van der Waals surface area contributed by atoms with Gasteiger partial charge in [-0.2, -0.15) is 5.10 Å². The van der Waals surface area contributed by atoms with E-state index in [4.69, 9.17) is 4.74 Å². The number of aromatic nitrogens is 2. The van der Waals surface area contributed by atoms with Gasteiger partial charge in [-0.1, -0.05) is 0 Å². The molecule has 2 aliphatic heterocycles. The van der Waals surface area contributed by atoms with E-state index < -0.39 is 21.5 Å². The Kier molecular flexibility index (Phi) is 4.43. The van der Waals surface area contributed by atoms with Crippen LogP contribution in [0.25, 0.3) is 0 Å². The van der Waals surface area contributed by atoms with Crippen molar-refractivity contribution in [2.24, 2.45) is 0 Å². The van der Waals surface area contributed by atoms with Crippen molar-refractivity contribution < 1.29 is 22.7 Å². The van der Waals surface area contributed by atoms with Gasteiger partial charge in [0.25, 0.3) is 0 Å². The van der Waals surface area contributed by atoms with Crippen molar-refractivity contribution in [1.82, 2.24) is 14.5 Å². The molecule has 23 heavy (non-hydrogen) atoms. The normalized spacial score (nSPS) is 24.4. The highest BCUT2D eigenvalue weighted by atomic mass is 32.2. The molecule has 8 nitrogen and oxygen atoms in total. The molecule has 0 radical (unpaired) electrons. The molecule has 1 atom stereocenters. The van der Waals surface area contributed by atoms with Crippen LogP contribution in [0.4, 0.5) is 0 Å². The molecule has 0 aromatic carbocycles. The maximum atomic E-state index is 12.8. The second kappa shape index (κ2) is 6.21. The highest BCUT2D eigenvalue weighted by Gasteiger charge is 2.42. The van der Waals surface area contributed by atoms with Crippen molar-refractivity contribution in [2.45, 2.75) is 49.1 Å². The largest absolute Gasteiger partial charge is 0.469 e. The van der Waals surface area contributed by atoms with E-state index in [1.807, 2.05) is 0 Å². The van der Waals surface area contributed by atoms with Crippen molar-refractivity contribution in [2.75, 3.05) is 20.3 Å². The zero-order valence-electron chi connectivity index (χ0n) is 13.1. The minimum Gasteiger partial charge on any atom is -0.469 e.